The summed E-state index contributed by atoms with van der Waals surface area (Å²) in [6, 6.07) is 2.29. The molecule has 1 aliphatic rings. The lowest BCUT2D eigenvalue weighted by Crippen LogP contribution is -2.59. The van der Waals surface area contributed by atoms with Gasteiger partial charge in [0.15, 0.2) is 0 Å². The van der Waals surface area contributed by atoms with Crippen molar-refractivity contribution in [3.05, 3.63) is 23.3 Å². The molecule has 0 aromatic heterocycles. The van der Waals surface area contributed by atoms with E-state index >= 15 is 0 Å². The number of Topliss-reactive ketones (excluding diaryl/α,β-unsaturated/α-hetero) is 1. The molecule has 11 nitrogen and oxygen atoms in total. The molecule has 1 unspecified atom stereocenters. The number of carbonyl (C=O) groups excluding carboxylic acids is 3. The zero-order chi connectivity index (χ0) is 24.5. The number of aromatic carboxylic acids is 1. The van der Waals surface area contributed by atoms with Gasteiger partial charge in [0, 0.05) is 32.7 Å². The Bertz CT molecular complexity index is 890. The first-order chi connectivity index (χ1) is 15.6. The Labute approximate surface area is 193 Å². The van der Waals surface area contributed by atoms with E-state index in [-0.39, 0.29) is 67.2 Å². The first-order valence-corrected chi connectivity index (χ1v) is 10.6. The number of rotatable bonds is 13. The van der Waals surface area contributed by atoms with Crippen LogP contribution in [0.4, 0.5) is 0 Å². The SMILES string of the molecule is [B]CCc1ccc(OC2CN(CC(N)C(=O)NCCNC(=O)CC(C)=O)C2)c(C(=O)O)c1O. The predicted octanol–water partition coefficient (Wildman–Crippen LogP) is -1.18. The van der Waals surface area contributed by atoms with Gasteiger partial charge in [0.1, 0.15) is 28.9 Å². The van der Waals surface area contributed by atoms with Crippen LogP contribution in [-0.2, 0) is 20.8 Å². The Morgan fingerprint density at radius 1 is 1.24 bits per heavy atom. The third-order valence-electron chi connectivity index (χ3n) is 5.02. The molecule has 1 aromatic carbocycles. The van der Waals surface area contributed by atoms with E-state index in [0.29, 0.717) is 25.1 Å². The number of nitrogens with one attached hydrogen (secondary N) is 2. The molecule has 2 amide bonds. The smallest absolute Gasteiger partial charge is 0.343 e. The van der Waals surface area contributed by atoms with E-state index in [2.05, 4.69) is 10.6 Å². The predicted molar refractivity (Wildman–Crippen MR) is 119 cm³/mol. The molecule has 6 N–H and O–H groups in total. The summed E-state index contributed by atoms with van der Waals surface area (Å²) in [5, 5.41) is 24.8. The molecular formula is C21H29BN4O7. The Hall–Kier alpha value is -3.12. The topological polar surface area (TPSA) is 171 Å². The van der Waals surface area contributed by atoms with Crippen molar-refractivity contribution < 1.29 is 34.1 Å². The van der Waals surface area contributed by atoms with Gasteiger partial charge in [-0.2, -0.15) is 0 Å². The number of carboxylic acids is 1. The molecule has 1 fully saturated rings. The molecule has 0 aliphatic carbocycles. The zero-order valence-electron chi connectivity index (χ0n) is 18.5. The van der Waals surface area contributed by atoms with Crippen molar-refractivity contribution in [3.8, 4) is 11.5 Å². The van der Waals surface area contributed by atoms with Gasteiger partial charge in [-0.3, -0.25) is 19.3 Å². The lowest BCUT2D eigenvalue weighted by atomic mass is 9.95. The third kappa shape index (κ3) is 7.76. The molecule has 0 spiro atoms. The molecule has 0 saturated carbocycles. The molecule has 12 heteroatoms. The van der Waals surface area contributed by atoms with Crippen LogP contribution in [-0.4, -0.2) is 91.4 Å². The number of hydrogen-bond donors (Lipinski definition) is 5. The Morgan fingerprint density at radius 3 is 2.52 bits per heavy atom. The highest BCUT2D eigenvalue weighted by Crippen LogP contribution is 2.33. The second kappa shape index (κ2) is 12.2. The van der Waals surface area contributed by atoms with Crippen molar-refractivity contribution in [2.75, 3.05) is 32.7 Å². The van der Waals surface area contributed by atoms with E-state index in [0.717, 1.165) is 0 Å². The molecular weight excluding hydrogens is 431 g/mol. The second-order valence-corrected chi connectivity index (χ2v) is 7.87. The number of aromatic hydroxyl groups is 1. The van der Waals surface area contributed by atoms with Gasteiger partial charge in [-0.25, -0.2) is 4.79 Å². The number of carbonyl (C=O) groups is 4. The third-order valence-corrected chi connectivity index (χ3v) is 5.02. The Balaban J connectivity index is 1.75. The molecule has 1 aromatic rings. The van der Waals surface area contributed by atoms with Gasteiger partial charge in [-0.1, -0.05) is 12.4 Å². The van der Waals surface area contributed by atoms with Crippen molar-refractivity contribution in [2.24, 2.45) is 5.73 Å². The normalized spacial score (nSPS) is 14.7. The van der Waals surface area contributed by atoms with Gasteiger partial charge >= 0.3 is 5.97 Å². The van der Waals surface area contributed by atoms with Crippen molar-refractivity contribution in [2.45, 2.75) is 38.2 Å². The molecule has 0 bridgehead atoms. The minimum Gasteiger partial charge on any atom is -0.507 e. The Morgan fingerprint density at radius 2 is 1.91 bits per heavy atom. The zero-order valence-corrected chi connectivity index (χ0v) is 18.5. The van der Waals surface area contributed by atoms with E-state index in [1.54, 1.807) is 6.07 Å². The summed E-state index contributed by atoms with van der Waals surface area (Å²) in [5.41, 5.74) is 6.05. The number of likely N-dealkylation sites (tertiary alicyclic amines) is 1. The van der Waals surface area contributed by atoms with Gasteiger partial charge in [0.25, 0.3) is 0 Å². The minimum atomic E-state index is -1.30. The highest BCUT2D eigenvalue weighted by Gasteiger charge is 2.32. The van der Waals surface area contributed by atoms with Crippen molar-refractivity contribution >= 4 is 31.4 Å². The van der Waals surface area contributed by atoms with Gasteiger partial charge in [0.2, 0.25) is 11.8 Å². The number of amides is 2. The van der Waals surface area contributed by atoms with Crippen LogP contribution in [0, 0.1) is 0 Å². The van der Waals surface area contributed by atoms with Crippen LogP contribution in [0.25, 0.3) is 0 Å². The molecule has 33 heavy (non-hydrogen) atoms. The van der Waals surface area contributed by atoms with Gasteiger partial charge in [0.05, 0.1) is 20.3 Å². The van der Waals surface area contributed by atoms with E-state index < -0.39 is 17.9 Å². The van der Waals surface area contributed by atoms with Gasteiger partial charge in [-0.15, -0.1) is 0 Å². The van der Waals surface area contributed by atoms with E-state index in [1.165, 1.54) is 13.0 Å². The largest absolute Gasteiger partial charge is 0.507 e. The number of ether oxygens (including phenoxy) is 1. The maximum Gasteiger partial charge on any atom is 0.343 e. The summed E-state index contributed by atoms with van der Waals surface area (Å²) in [5.74, 6) is -2.60. The molecule has 1 saturated heterocycles. The molecule has 1 heterocycles. The maximum absolute atomic E-state index is 12.1. The van der Waals surface area contributed by atoms with Crippen LogP contribution >= 0.6 is 0 Å². The number of nitrogens with two attached hydrogens (primary N) is 1. The number of nitrogens with zero attached hydrogens (tertiary/aromatic N) is 1. The first-order valence-electron chi connectivity index (χ1n) is 10.6. The summed E-state index contributed by atoms with van der Waals surface area (Å²) >= 11 is 0. The fraction of sp³-hybridized carbons (Fsp3) is 0.524. The Kier molecular flexibility index (Phi) is 9.67. The number of phenols is 1. The van der Waals surface area contributed by atoms with Crippen LogP contribution in [0.1, 0.15) is 29.3 Å². The number of aryl methyl sites for hydroxylation is 1. The van der Waals surface area contributed by atoms with Crippen molar-refractivity contribution in [3.63, 3.8) is 0 Å². The van der Waals surface area contributed by atoms with Crippen LogP contribution in [0.3, 0.4) is 0 Å². The minimum absolute atomic E-state index is 0.0688. The average Bonchev–Trinajstić information content (AvgIpc) is 2.70. The first kappa shape index (κ1) is 26.1. The van der Waals surface area contributed by atoms with Crippen LogP contribution in [0.2, 0.25) is 6.32 Å². The average molecular weight is 460 g/mol. The van der Waals surface area contributed by atoms with Crippen molar-refractivity contribution in [1.82, 2.24) is 15.5 Å². The number of hydrogen-bond acceptors (Lipinski definition) is 8. The fourth-order valence-electron chi connectivity index (χ4n) is 3.37. The lowest BCUT2D eigenvalue weighted by Gasteiger charge is -2.40. The number of carboxylic acid groups (broad SMARTS) is 1. The summed E-state index contributed by atoms with van der Waals surface area (Å²) in [6.07, 6.45) is 0.104. The summed E-state index contributed by atoms with van der Waals surface area (Å²) < 4.78 is 5.74. The monoisotopic (exact) mass is 460 g/mol. The van der Waals surface area contributed by atoms with Gasteiger partial charge in [-0.05, 0) is 25.0 Å². The number of ketones is 1. The summed E-state index contributed by atoms with van der Waals surface area (Å²) in [4.78, 5) is 47.8. The van der Waals surface area contributed by atoms with E-state index in [4.69, 9.17) is 18.3 Å². The van der Waals surface area contributed by atoms with Gasteiger partial charge < -0.3 is 31.3 Å². The van der Waals surface area contributed by atoms with E-state index in [1.807, 2.05) is 4.90 Å². The highest BCUT2D eigenvalue weighted by atomic mass is 16.5. The fourth-order valence-corrected chi connectivity index (χ4v) is 3.37. The molecule has 2 rings (SSSR count). The maximum atomic E-state index is 12.1. The lowest BCUT2D eigenvalue weighted by molar-refractivity contribution is -0.128. The molecule has 178 valence electrons. The molecule has 1 aliphatic heterocycles. The standard InChI is InChI=1S/C21H29BN4O7/c1-12(27)8-17(28)24-6-7-25-20(30)15(23)11-26-9-14(10-26)33-16-3-2-13(4-5-22)19(29)18(16)21(31)32/h2-3,14-15,29H,4-11,23H2,1H3,(H,24,28)(H,25,30)(H,31,32). The van der Waals surface area contributed by atoms with E-state index in [9.17, 15) is 29.4 Å². The van der Waals surface area contributed by atoms with Crippen molar-refractivity contribution in [1.29, 1.82) is 0 Å². The van der Waals surface area contributed by atoms with Crippen LogP contribution < -0.4 is 21.1 Å². The quantitative estimate of drug-likeness (QED) is 0.138. The molecule has 1 atom stereocenters. The van der Waals surface area contributed by atoms with Crippen LogP contribution in [0.15, 0.2) is 12.1 Å². The number of benzene rings is 1. The second-order valence-electron chi connectivity index (χ2n) is 7.87. The molecule has 2 radical (unpaired) electrons. The summed E-state index contributed by atoms with van der Waals surface area (Å²) in [7, 11) is 5.48. The summed E-state index contributed by atoms with van der Waals surface area (Å²) in [6.45, 7) is 2.84. The van der Waals surface area contributed by atoms with Crippen LogP contribution in [0.5, 0.6) is 11.5 Å². The highest BCUT2D eigenvalue weighted by molar-refractivity contribution is 6.08.